The first-order valence-electron chi connectivity index (χ1n) is 7.00. The maximum absolute atomic E-state index is 12.2. The smallest absolute Gasteiger partial charge is 0.433 e. The van der Waals surface area contributed by atoms with Crippen molar-refractivity contribution in [3.63, 3.8) is 0 Å². The van der Waals surface area contributed by atoms with Gasteiger partial charge in [-0.25, -0.2) is 4.79 Å². The lowest BCUT2D eigenvalue weighted by Crippen LogP contribution is -2.28. The van der Waals surface area contributed by atoms with E-state index in [4.69, 9.17) is 9.15 Å². The third-order valence-corrected chi connectivity index (χ3v) is 2.86. The number of ether oxygens (including phenoxy) is 1. The number of nitrogens with one attached hydrogen (secondary N) is 1. The summed E-state index contributed by atoms with van der Waals surface area (Å²) in [7, 11) is 0. The van der Waals surface area contributed by atoms with Crippen LogP contribution in [0.1, 0.15) is 23.0 Å². The van der Waals surface area contributed by atoms with E-state index < -0.39 is 22.7 Å². The first kappa shape index (κ1) is 16.9. The molecule has 1 N–H and O–H groups in total. The third kappa shape index (κ3) is 4.29. The van der Waals surface area contributed by atoms with Crippen LogP contribution in [0.5, 0.6) is 0 Å². The first-order chi connectivity index (χ1) is 11.5. The highest BCUT2D eigenvalue weighted by atomic mass is 16.6. The van der Waals surface area contributed by atoms with Gasteiger partial charge in [-0.3, -0.25) is 14.9 Å². The number of carbonyl (C=O) groups excluding carboxylic acids is 2. The van der Waals surface area contributed by atoms with E-state index in [1.165, 1.54) is 12.1 Å². The van der Waals surface area contributed by atoms with Crippen molar-refractivity contribution in [1.82, 2.24) is 5.32 Å². The van der Waals surface area contributed by atoms with E-state index in [0.29, 0.717) is 5.56 Å². The summed E-state index contributed by atoms with van der Waals surface area (Å²) in [5, 5.41) is 13.1. The summed E-state index contributed by atoms with van der Waals surface area (Å²) < 4.78 is 9.83. The molecular formula is C16H14N2O6. The largest absolute Gasteiger partial charge is 0.461 e. The summed E-state index contributed by atoms with van der Waals surface area (Å²) in [4.78, 5) is 34.1. The third-order valence-electron chi connectivity index (χ3n) is 2.86. The molecule has 2 rings (SSSR count). The molecule has 0 atom stereocenters. The number of furan rings is 1. The molecule has 0 radical (unpaired) electrons. The summed E-state index contributed by atoms with van der Waals surface area (Å²) >= 11 is 0. The average molecular weight is 330 g/mol. The quantitative estimate of drug-likeness (QED) is 0.377. The van der Waals surface area contributed by atoms with Gasteiger partial charge in [0.2, 0.25) is 0 Å². The number of benzene rings is 1. The van der Waals surface area contributed by atoms with Crippen molar-refractivity contribution >= 4 is 23.8 Å². The molecule has 2 aromatic rings. The highest BCUT2D eigenvalue weighted by molar-refractivity contribution is 6.03. The maximum atomic E-state index is 12.2. The van der Waals surface area contributed by atoms with Gasteiger partial charge in [0.1, 0.15) is 16.4 Å². The number of nitro groups is 1. The summed E-state index contributed by atoms with van der Waals surface area (Å²) in [6.07, 6.45) is 1.17. The molecule has 0 aliphatic rings. The number of hydrogen-bond donors (Lipinski definition) is 1. The van der Waals surface area contributed by atoms with E-state index in [1.54, 1.807) is 37.3 Å². The van der Waals surface area contributed by atoms with Crippen LogP contribution in [0.25, 0.3) is 6.08 Å². The number of nitrogens with zero attached hydrogens (tertiary/aromatic N) is 1. The molecule has 0 fully saturated rings. The lowest BCUT2D eigenvalue weighted by molar-refractivity contribution is -0.402. The van der Waals surface area contributed by atoms with Crippen LogP contribution in [0.2, 0.25) is 0 Å². The fourth-order valence-electron chi connectivity index (χ4n) is 1.80. The zero-order chi connectivity index (χ0) is 17.5. The summed E-state index contributed by atoms with van der Waals surface area (Å²) in [6, 6.07) is 10.7. The Morgan fingerprint density at radius 1 is 1.25 bits per heavy atom. The molecule has 0 bridgehead atoms. The van der Waals surface area contributed by atoms with Crippen molar-refractivity contribution in [2.45, 2.75) is 6.92 Å². The molecule has 0 aliphatic heterocycles. The van der Waals surface area contributed by atoms with Crippen molar-refractivity contribution in [1.29, 1.82) is 0 Å². The maximum Gasteiger partial charge on any atom is 0.433 e. The van der Waals surface area contributed by atoms with Gasteiger partial charge in [-0.1, -0.05) is 18.2 Å². The Balaban J connectivity index is 2.27. The van der Waals surface area contributed by atoms with Gasteiger partial charge in [0, 0.05) is 11.6 Å². The second-order valence-electron chi connectivity index (χ2n) is 4.53. The summed E-state index contributed by atoms with van der Waals surface area (Å²) in [5.74, 6) is -1.73. The van der Waals surface area contributed by atoms with Crippen LogP contribution >= 0.6 is 0 Å². The molecule has 0 saturated heterocycles. The monoisotopic (exact) mass is 330 g/mol. The van der Waals surface area contributed by atoms with E-state index >= 15 is 0 Å². The van der Waals surface area contributed by atoms with Crippen LogP contribution in [-0.4, -0.2) is 23.4 Å². The van der Waals surface area contributed by atoms with Crippen molar-refractivity contribution in [3.8, 4) is 0 Å². The molecule has 0 spiro atoms. The van der Waals surface area contributed by atoms with Gasteiger partial charge in [-0.15, -0.1) is 0 Å². The molecular weight excluding hydrogens is 316 g/mol. The van der Waals surface area contributed by atoms with E-state index in [-0.39, 0.29) is 18.1 Å². The van der Waals surface area contributed by atoms with Crippen LogP contribution in [0, 0.1) is 10.1 Å². The fraction of sp³-hybridized carbons (Fsp3) is 0.125. The minimum Gasteiger partial charge on any atom is -0.461 e. The minimum absolute atomic E-state index is 0.0399. The normalized spacial score (nSPS) is 11.0. The number of esters is 1. The standard InChI is InChI=1S/C16H14N2O6/c1-2-23-16(20)13(10-12-8-9-14(24-12)18(21)22)17-15(19)11-6-4-3-5-7-11/h3-10H,2H2,1H3,(H,17,19). The number of rotatable bonds is 6. The molecule has 1 heterocycles. The Kier molecular flexibility index (Phi) is 5.45. The minimum atomic E-state index is -0.777. The van der Waals surface area contributed by atoms with Gasteiger partial charge in [0.25, 0.3) is 5.91 Å². The topological polar surface area (TPSA) is 112 Å². The van der Waals surface area contributed by atoms with Crippen LogP contribution in [0.4, 0.5) is 5.88 Å². The van der Waals surface area contributed by atoms with Crippen LogP contribution < -0.4 is 5.32 Å². The highest BCUT2D eigenvalue weighted by Crippen LogP contribution is 2.18. The Labute approximate surface area is 136 Å². The zero-order valence-electron chi connectivity index (χ0n) is 12.7. The molecule has 124 valence electrons. The van der Waals surface area contributed by atoms with E-state index in [9.17, 15) is 19.7 Å². The van der Waals surface area contributed by atoms with Crippen LogP contribution in [0.3, 0.4) is 0 Å². The van der Waals surface area contributed by atoms with Gasteiger partial charge in [0.15, 0.2) is 0 Å². The SMILES string of the molecule is CCOC(=O)C(=Cc1ccc([N+](=O)[O-])o1)NC(=O)c1ccccc1. The van der Waals surface area contributed by atoms with Crippen molar-refractivity contribution < 1.29 is 23.7 Å². The van der Waals surface area contributed by atoms with Gasteiger partial charge < -0.3 is 14.5 Å². The van der Waals surface area contributed by atoms with Crippen molar-refractivity contribution in [2.24, 2.45) is 0 Å². The molecule has 8 heteroatoms. The summed E-state index contributed by atoms with van der Waals surface area (Å²) in [5.41, 5.74) is 0.160. The Bertz CT molecular complexity index is 779. The Morgan fingerprint density at radius 3 is 2.54 bits per heavy atom. The number of hydrogen-bond acceptors (Lipinski definition) is 6. The molecule has 0 unspecified atom stereocenters. The lowest BCUT2D eigenvalue weighted by Gasteiger charge is -2.08. The first-order valence-corrected chi connectivity index (χ1v) is 7.00. The number of carbonyl (C=O) groups is 2. The Hall–Kier alpha value is -3.42. The van der Waals surface area contributed by atoms with Gasteiger partial charge >= 0.3 is 11.9 Å². The van der Waals surface area contributed by atoms with E-state index in [2.05, 4.69) is 5.32 Å². The second-order valence-corrected chi connectivity index (χ2v) is 4.53. The number of amides is 1. The van der Waals surface area contributed by atoms with Crippen LogP contribution in [0.15, 0.2) is 52.6 Å². The van der Waals surface area contributed by atoms with E-state index in [0.717, 1.165) is 6.07 Å². The lowest BCUT2D eigenvalue weighted by atomic mass is 10.2. The molecule has 0 aliphatic carbocycles. The summed E-state index contributed by atoms with van der Waals surface area (Å²) in [6.45, 7) is 1.72. The van der Waals surface area contributed by atoms with Crippen molar-refractivity contribution in [2.75, 3.05) is 6.61 Å². The van der Waals surface area contributed by atoms with E-state index in [1.807, 2.05) is 0 Å². The molecule has 1 aromatic heterocycles. The van der Waals surface area contributed by atoms with Crippen molar-refractivity contribution in [3.05, 3.63) is 69.6 Å². The predicted octanol–water partition coefficient (Wildman–Crippen LogP) is 2.52. The second kappa shape index (κ2) is 7.73. The van der Waals surface area contributed by atoms with Gasteiger partial charge in [-0.05, 0) is 25.1 Å². The zero-order valence-corrected chi connectivity index (χ0v) is 12.7. The molecule has 1 amide bonds. The van der Waals surface area contributed by atoms with Crippen LogP contribution in [-0.2, 0) is 9.53 Å². The van der Waals surface area contributed by atoms with Gasteiger partial charge in [0.05, 0.1) is 12.7 Å². The van der Waals surface area contributed by atoms with Gasteiger partial charge in [-0.2, -0.15) is 0 Å². The highest BCUT2D eigenvalue weighted by Gasteiger charge is 2.18. The molecule has 8 nitrogen and oxygen atoms in total. The Morgan fingerprint density at radius 2 is 1.96 bits per heavy atom. The average Bonchev–Trinajstić information content (AvgIpc) is 3.04. The predicted molar refractivity (Wildman–Crippen MR) is 83.9 cm³/mol. The molecule has 1 aromatic carbocycles. The molecule has 24 heavy (non-hydrogen) atoms. The molecule has 0 saturated carbocycles. The fourth-order valence-corrected chi connectivity index (χ4v) is 1.80.